The molecule has 94 valence electrons. The van der Waals surface area contributed by atoms with E-state index in [9.17, 15) is 8.42 Å². The fourth-order valence-corrected chi connectivity index (χ4v) is 3.08. The average Bonchev–Trinajstić information content (AvgIpc) is 2.34. The molecule has 1 heterocycles. The first-order valence-corrected chi connectivity index (χ1v) is 7.31. The molecule has 0 aromatic rings. The smallest absolute Gasteiger partial charge is 0.264 e. The molecule has 1 aliphatic carbocycles. The summed E-state index contributed by atoms with van der Waals surface area (Å²) in [6, 6.07) is 0. The number of hydrogen-bond acceptors (Lipinski definition) is 5. The van der Waals surface area contributed by atoms with Gasteiger partial charge in [0, 0.05) is 6.42 Å². The molecule has 16 heavy (non-hydrogen) atoms. The Morgan fingerprint density at radius 3 is 2.44 bits per heavy atom. The third-order valence-electron chi connectivity index (χ3n) is 2.86. The van der Waals surface area contributed by atoms with Crippen LogP contribution >= 0.6 is 0 Å². The van der Waals surface area contributed by atoms with Crippen LogP contribution in [0.3, 0.4) is 0 Å². The summed E-state index contributed by atoms with van der Waals surface area (Å²) in [6.45, 7) is 3.75. The van der Waals surface area contributed by atoms with E-state index in [-0.39, 0.29) is 18.3 Å². The predicted octanol–water partition coefficient (Wildman–Crippen LogP) is 1.04. The second-order valence-electron chi connectivity index (χ2n) is 4.95. The summed E-state index contributed by atoms with van der Waals surface area (Å²) >= 11 is 0. The van der Waals surface area contributed by atoms with Gasteiger partial charge in [0.25, 0.3) is 10.1 Å². The largest absolute Gasteiger partial charge is 0.345 e. The van der Waals surface area contributed by atoms with E-state index in [4.69, 9.17) is 13.7 Å². The number of hydrogen-bond donors (Lipinski definition) is 0. The Labute approximate surface area is 96.2 Å². The minimum Gasteiger partial charge on any atom is -0.345 e. The zero-order valence-corrected chi connectivity index (χ0v) is 10.6. The highest BCUT2D eigenvalue weighted by Gasteiger charge is 2.45. The SMILES string of the molecule is CC1(C)OC2CCC(OS(C)(=O)=O)CC2O1. The van der Waals surface area contributed by atoms with Crippen LogP contribution in [-0.2, 0) is 23.8 Å². The van der Waals surface area contributed by atoms with Crippen LogP contribution in [0.15, 0.2) is 0 Å². The van der Waals surface area contributed by atoms with Gasteiger partial charge in [-0.1, -0.05) is 0 Å². The van der Waals surface area contributed by atoms with Crippen LogP contribution in [0.2, 0.25) is 0 Å². The molecule has 0 spiro atoms. The molecule has 1 saturated carbocycles. The number of rotatable bonds is 2. The van der Waals surface area contributed by atoms with Crippen LogP contribution in [0.4, 0.5) is 0 Å². The van der Waals surface area contributed by atoms with Crippen molar-refractivity contribution in [1.29, 1.82) is 0 Å². The van der Waals surface area contributed by atoms with Gasteiger partial charge < -0.3 is 9.47 Å². The third-order valence-corrected chi connectivity index (χ3v) is 3.49. The topological polar surface area (TPSA) is 61.8 Å². The minimum absolute atomic E-state index is 0.0458. The number of fused-ring (bicyclic) bond motifs is 1. The van der Waals surface area contributed by atoms with Gasteiger partial charge in [-0.25, -0.2) is 0 Å². The molecule has 0 aromatic heterocycles. The Balaban J connectivity index is 1.96. The molecule has 1 aliphatic heterocycles. The second kappa shape index (κ2) is 3.94. The standard InChI is InChI=1S/C10H18O5S/c1-10(2)13-8-5-4-7(6-9(8)14-10)15-16(3,11)12/h7-9H,4-6H2,1-3H3. The van der Waals surface area contributed by atoms with E-state index in [1.54, 1.807) is 0 Å². The molecule has 0 N–H and O–H groups in total. The van der Waals surface area contributed by atoms with Crippen LogP contribution in [0.1, 0.15) is 33.1 Å². The lowest BCUT2D eigenvalue weighted by molar-refractivity contribution is -0.145. The molecular weight excluding hydrogens is 232 g/mol. The molecule has 1 saturated heterocycles. The molecule has 3 unspecified atom stereocenters. The Kier molecular flexibility index (Phi) is 3.03. The first-order valence-electron chi connectivity index (χ1n) is 5.49. The lowest BCUT2D eigenvalue weighted by Gasteiger charge is -2.28. The Hall–Kier alpha value is -0.170. The average molecular weight is 250 g/mol. The summed E-state index contributed by atoms with van der Waals surface area (Å²) in [4.78, 5) is 0. The van der Waals surface area contributed by atoms with Gasteiger partial charge in [-0.2, -0.15) is 8.42 Å². The van der Waals surface area contributed by atoms with Crippen molar-refractivity contribution in [2.45, 2.75) is 57.2 Å². The lowest BCUT2D eigenvalue weighted by Crippen LogP contribution is -2.35. The maximum absolute atomic E-state index is 11.0. The van der Waals surface area contributed by atoms with E-state index in [1.807, 2.05) is 13.8 Å². The van der Waals surface area contributed by atoms with E-state index >= 15 is 0 Å². The van der Waals surface area contributed by atoms with Crippen molar-refractivity contribution in [2.75, 3.05) is 6.26 Å². The molecule has 2 aliphatic rings. The van der Waals surface area contributed by atoms with Crippen molar-refractivity contribution in [1.82, 2.24) is 0 Å². The summed E-state index contributed by atoms with van der Waals surface area (Å²) in [5, 5.41) is 0. The van der Waals surface area contributed by atoms with Crippen molar-refractivity contribution in [3.8, 4) is 0 Å². The van der Waals surface area contributed by atoms with E-state index in [1.165, 1.54) is 0 Å². The Morgan fingerprint density at radius 1 is 1.19 bits per heavy atom. The zero-order chi connectivity index (χ0) is 12.0. The maximum Gasteiger partial charge on any atom is 0.264 e. The van der Waals surface area contributed by atoms with Crippen LogP contribution in [-0.4, -0.2) is 38.8 Å². The van der Waals surface area contributed by atoms with Crippen molar-refractivity contribution in [3.05, 3.63) is 0 Å². The van der Waals surface area contributed by atoms with E-state index < -0.39 is 15.9 Å². The summed E-state index contributed by atoms with van der Waals surface area (Å²) < 4.78 is 38.4. The third kappa shape index (κ3) is 2.94. The van der Waals surface area contributed by atoms with Crippen LogP contribution < -0.4 is 0 Å². The first-order chi connectivity index (χ1) is 7.25. The normalized spacial score (nSPS) is 38.3. The van der Waals surface area contributed by atoms with Crippen molar-refractivity contribution in [3.63, 3.8) is 0 Å². The van der Waals surface area contributed by atoms with Gasteiger partial charge in [0.15, 0.2) is 5.79 Å². The molecule has 6 heteroatoms. The molecule has 2 rings (SSSR count). The van der Waals surface area contributed by atoms with Gasteiger partial charge in [-0.3, -0.25) is 4.18 Å². The Morgan fingerprint density at radius 2 is 1.81 bits per heavy atom. The molecule has 2 fully saturated rings. The molecule has 0 aromatic carbocycles. The summed E-state index contributed by atoms with van der Waals surface area (Å²) in [5.74, 6) is -0.560. The molecule has 3 atom stereocenters. The van der Waals surface area contributed by atoms with Gasteiger partial charge in [0.2, 0.25) is 0 Å². The van der Waals surface area contributed by atoms with Crippen LogP contribution in [0.5, 0.6) is 0 Å². The fraction of sp³-hybridized carbons (Fsp3) is 1.00. The number of ether oxygens (including phenoxy) is 2. The van der Waals surface area contributed by atoms with Crippen LogP contribution in [0.25, 0.3) is 0 Å². The Bertz CT molecular complexity index is 361. The summed E-state index contributed by atoms with van der Waals surface area (Å²) in [5.41, 5.74) is 0. The molecule has 0 amide bonds. The first kappa shape index (κ1) is 12.3. The van der Waals surface area contributed by atoms with Gasteiger partial charge >= 0.3 is 0 Å². The monoisotopic (exact) mass is 250 g/mol. The quantitative estimate of drug-likeness (QED) is 0.685. The predicted molar refractivity (Wildman–Crippen MR) is 57.4 cm³/mol. The van der Waals surface area contributed by atoms with E-state index in [0.717, 1.165) is 12.7 Å². The maximum atomic E-state index is 11.0. The molecule has 0 radical (unpaired) electrons. The van der Waals surface area contributed by atoms with Crippen molar-refractivity contribution >= 4 is 10.1 Å². The van der Waals surface area contributed by atoms with Gasteiger partial charge in [0.1, 0.15) is 0 Å². The highest BCUT2D eigenvalue weighted by Crippen LogP contribution is 2.37. The molecule has 0 bridgehead atoms. The minimum atomic E-state index is -3.38. The fourth-order valence-electron chi connectivity index (χ4n) is 2.42. The van der Waals surface area contributed by atoms with E-state index in [0.29, 0.717) is 12.8 Å². The van der Waals surface area contributed by atoms with Crippen molar-refractivity contribution < 1.29 is 22.1 Å². The van der Waals surface area contributed by atoms with Gasteiger partial charge in [-0.15, -0.1) is 0 Å². The summed E-state index contributed by atoms with van der Waals surface area (Å²) in [7, 11) is -3.38. The molecular formula is C10H18O5S. The van der Waals surface area contributed by atoms with Crippen LogP contribution in [0, 0.1) is 0 Å². The second-order valence-corrected chi connectivity index (χ2v) is 6.55. The van der Waals surface area contributed by atoms with Crippen molar-refractivity contribution in [2.24, 2.45) is 0 Å². The van der Waals surface area contributed by atoms with E-state index in [2.05, 4.69) is 0 Å². The highest BCUT2D eigenvalue weighted by atomic mass is 32.2. The van der Waals surface area contributed by atoms with Gasteiger partial charge in [-0.05, 0) is 26.7 Å². The van der Waals surface area contributed by atoms with Gasteiger partial charge in [0.05, 0.1) is 24.6 Å². The lowest BCUT2D eigenvalue weighted by atomic mass is 9.93. The highest BCUT2D eigenvalue weighted by molar-refractivity contribution is 7.86. The molecule has 5 nitrogen and oxygen atoms in total. The zero-order valence-electron chi connectivity index (χ0n) is 9.80. The summed E-state index contributed by atoms with van der Waals surface area (Å²) in [6.07, 6.45) is 2.91.